The molecule has 11 heteroatoms. The van der Waals surface area contributed by atoms with E-state index in [-0.39, 0.29) is 28.4 Å². The molecule has 0 unspecified atom stereocenters. The van der Waals surface area contributed by atoms with E-state index in [2.05, 4.69) is 15.4 Å². The fraction of sp³-hybridized carbons (Fsp3) is 0.350. The number of hydrogen-bond acceptors (Lipinski definition) is 5. The fourth-order valence-corrected chi connectivity index (χ4v) is 3.99. The van der Waals surface area contributed by atoms with Crippen LogP contribution in [0, 0.1) is 0 Å². The van der Waals surface area contributed by atoms with E-state index in [1.54, 1.807) is 0 Å². The Morgan fingerprint density at radius 3 is 2.26 bits per heavy atom. The van der Waals surface area contributed by atoms with Crippen LogP contribution in [0.15, 0.2) is 47.4 Å². The highest BCUT2D eigenvalue weighted by Gasteiger charge is 2.38. The van der Waals surface area contributed by atoms with Gasteiger partial charge in [0.1, 0.15) is 0 Å². The molecule has 168 valence electrons. The van der Waals surface area contributed by atoms with Crippen molar-refractivity contribution in [2.45, 2.75) is 35.9 Å². The average molecular weight is 457 g/mol. The van der Waals surface area contributed by atoms with Crippen LogP contribution < -0.4 is 15.4 Å². The first kappa shape index (κ1) is 23.0. The highest BCUT2D eigenvalue weighted by atomic mass is 32.2. The average Bonchev–Trinajstić information content (AvgIpc) is 2.70. The SMILES string of the molecule is CNS(=O)(=O)c1ccc(Nc2ccc(C(F)(F)F)cc2)c(C(=O)NC2(CO)CCC2)c1. The molecule has 0 radical (unpaired) electrons. The van der Waals surface area contributed by atoms with Crippen LogP contribution in [0.25, 0.3) is 0 Å². The molecule has 0 heterocycles. The number of nitrogens with one attached hydrogen (secondary N) is 3. The molecule has 0 aliphatic heterocycles. The number of rotatable bonds is 7. The number of benzene rings is 2. The summed E-state index contributed by atoms with van der Waals surface area (Å²) in [6, 6.07) is 8.04. The second-order valence-corrected chi connectivity index (χ2v) is 9.25. The van der Waals surface area contributed by atoms with Gasteiger partial charge in [-0.1, -0.05) is 0 Å². The maximum Gasteiger partial charge on any atom is 0.416 e. The summed E-state index contributed by atoms with van der Waals surface area (Å²) in [5.74, 6) is -0.601. The Bertz CT molecular complexity index is 1060. The molecule has 0 bridgehead atoms. The summed E-state index contributed by atoms with van der Waals surface area (Å²) in [6.45, 7) is -0.255. The third kappa shape index (κ3) is 5.00. The first-order valence-corrected chi connectivity index (χ1v) is 10.9. The van der Waals surface area contributed by atoms with Crippen molar-refractivity contribution < 1.29 is 31.5 Å². The molecule has 0 aromatic heterocycles. The van der Waals surface area contributed by atoms with E-state index in [0.717, 1.165) is 18.6 Å². The number of amides is 1. The Balaban J connectivity index is 1.96. The number of carbonyl (C=O) groups excluding carboxylic acids is 1. The van der Waals surface area contributed by atoms with Crippen molar-refractivity contribution in [3.8, 4) is 0 Å². The lowest BCUT2D eigenvalue weighted by Crippen LogP contribution is -2.56. The molecule has 1 aliphatic carbocycles. The Morgan fingerprint density at radius 1 is 1.13 bits per heavy atom. The number of alkyl halides is 3. The van der Waals surface area contributed by atoms with Crippen molar-refractivity contribution in [2.24, 2.45) is 0 Å². The van der Waals surface area contributed by atoms with E-state index >= 15 is 0 Å². The molecule has 0 atom stereocenters. The standard InChI is InChI=1S/C20H22F3N3O4S/c1-24-31(29,30)15-7-8-17(25-14-5-3-13(4-6-14)20(21,22)23)16(11-15)18(28)26-19(12-27)9-2-10-19/h3-8,11,24-25,27H,2,9-10,12H2,1H3,(H,26,28). The Labute approximate surface area is 177 Å². The van der Waals surface area contributed by atoms with E-state index < -0.39 is 33.2 Å². The number of aliphatic hydroxyl groups is 1. The van der Waals surface area contributed by atoms with E-state index in [0.29, 0.717) is 12.8 Å². The molecule has 3 rings (SSSR count). The number of anilines is 2. The zero-order valence-electron chi connectivity index (χ0n) is 16.6. The molecule has 0 spiro atoms. The highest BCUT2D eigenvalue weighted by molar-refractivity contribution is 7.89. The Kier molecular flexibility index (Phi) is 6.30. The van der Waals surface area contributed by atoms with Crippen LogP contribution >= 0.6 is 0 Å². The van der Waals surface area contributed by atoms with Gasteiger partial charge < -0.3 is 15.7 Å². The zero-order chi connectivity index (χ0) is 22.9. The van der Waals surface area contributed by atoms with Crippen LogP contribution in [0.5, 0.6) is 0 Å². The molecule has 2 aromatic carbocycles. The first-order chi connectivity index (χ1) is 14.5. The highest BCUT2D eigenvalue weighted by Crippen LogP contribution is 2.33. The van der Waals surface area contributed by atoms with Crippen LogP contribution in [0.1, 0.15) is 35.2 Å². The van der Waals surface area contributed by atoms with Gasteiger partial charge in [-0.2, -0.15) is 13.2 Å². The van der Waals surface area contributed by atoms with Gasteiger partial charge in [-0.3, -0.25) is 4.79 Å². The minimum absolute atomic E-state index is 0.0176. The van der Waals surface area contributed by atoms with Crippen molar-refractivity contribution in [1.82, 2.24) is 10.0 Å². The summed E-state index contributed by atoms with van der Waals surface area (Å²) in [4.78, 5) is 12.8. The lowest BCUT2D eigenvalue weighted by molar-refractivity contribution is -0.137. The third-order valence-electron chi connectivity index (χ3n) is 5.30. The minimum Gasteiger partial charge on any atom is -0.394 e. The summed E-state index contributed by atoms with van der Waals surface area (Å²) in [6.07, 6.45) is -2.46. The topological polar surface area (TPSA) is 108 Å². The van der Waals surface area contributed by atoms with Crippen molar-refractivity contribution in [1.29, 1.82) is 0 Å². The van der Waals surface area contributed by atoms with Gasteiger partial charge >= 0.3 is 6.18 Å². The molecule has 1 saturated carbocycles. The lowest BCUT2D eigenvalue weighted by Gasteiger charge is -2.41. The third-order valence-corrected chi connectivity index (χ3v) is 6.71. The maximum atomic E-state index is 12.9. The molecule has 2 aromatic rings. The van der Waals surface area contributed by atoms with Crippen LogP contribution in [-0.4, -0.2) is 38.6 Å². The van der Waals surface area contributed by atoms with Gasteiger partial charge in [0.05, 0.1) is 33.9 Å². The van der Waals surface area contributed by atoms with Crippen molar-refractivity contribution in [3.05, 3.63) is 53.6 Å². The monoisotopic (exact) mass is 457 g/mol. The molecule has 4 N–H and O–H groups in total. The quantitative estimate of drug-likeness (QED) is 0.511. The van der Waals surface area contributed by atoms with Gasteiger partial charge in [0.2, 0.25) is 10.0 Å². The first-order valence-electron chi connectivity index (χ1n) is 9.45. The van der Waals surface area contributed by atoms with Gasteiger partial charge in [-0.05, 0) is 68.8 Å². The largest absolute Gasteiger partial charge is 0.416 e. The summed E-state index contributed by atoms with van der Waals surface area (Å²) in [5, 5.41) is 15.2. The maximum absolute atomic E-state index is 12.9. The number of aliphatic hydroxyl groups excluding tert-OH is 1. The van der Waals surface area contributed by atoms with Crippen molar-refractivity contribution in [2.75, 3.05) is 19.0 Å². The number of sulfonamides is 1. The van der Waals surface area contributed by atoms with Crippen LogP contribution in [-0.2, 0) is 16.2 Å². The second-order valence-electron chi connectivity index (χ2n) is 7.36. The number of halogens is 3. The Morgan fingerprint density at radius 2 is 1.77 bits per heavy atom. The molecular formula is C20H22F3N3O4S. The van der Waals surface area contributed by atoms with Crippen LogP contribution in [0.3, 0.4) is 0 Å². The fourth-order valence-electron chi connectivity index (χ4n) is 3.24. The number of carbonyl (C=O) groups is 1. The van der Waals surface area contributed by atoms with Gasteiger partial charge in [-0.25, -0.2) is 13.1 Å². The predicted molar refractivity (Wildman–Crippen MR) is 109 cm³/mol. The zero-order valence-corrected chi connectivity index (χ0v) is 17.4. The normalized spacial score (nSPS) is 15.8. The molecule has 1 amide bonds. The molecule has 0 saturated heterocycles. The summed E-state index contributed by atoms with van der Waals surface area (Å²) < 4.78 is 64.9. The van der Waals surface area contributed by atoms with Gasteiger partial charge in [0.15, 0.2) is 0 Å². The van der Waals surface area contributed by atoms with Crippen molar-refractivity contribution >= 4 is 27.3 Å². The molecule has 7 nitrogen and oxygen atoms in total. The van der Waals surface area contributed by atoms with Crippen LogP contribution in [0.4, 0.5) is 24.5 Å². The van der Waals surface area contributed by atoms with E-state index in [9.17, 15) is 31.5 Å². The van der Waals surface area contributed by atoms with E-state index in [4.69, 9.17) is 0 Å². The van der Waals surface area contributed by atoms with Gasteiger partial charge in [-0.15, -0.1) is 0 Å². The van der Waals surface area contributed by atoms with E-state index in [1.165, 1.54) is 37.4 Å². The molecule has 1 aliphatic rings. The minimum atomic E-state index is -4.48. The molecule has 1 fully saturated rings. The summed E-state index contributed by atoms with van der Waals surface area (Å²) in [7, 11) is -2.60. The Hall–Kier alpha value is -2.63. The smallest absolute Gasteiger partial charge is 0.394 e. The predicted octanol–water partition coefficient (Wildman–Crippen LogP) is 3.00. The second kappa shape index (κ2) is 8.48. The molecule has 31 heavy (non-hydrogen) atoms. The van der Waals surface area contributed by atoms with Gasteiger partial charge in [0, 0.05) is 5.69 Å². The number of hydrogen-bond donors (Lipinski definition) is 4. The summed E-state index contributed by atoms with van der Waals surface area (Å²) in [5.41, 5.74) is -1.11. The van der Waals surface area contributed by atoms with Gasteiger partial charge in [0.25, 0.3) is 5.91 Å². The van der Waals surface area contributed by atoms with E-state index in [1.807, 2.05) is 0 Å². The summed E-state index contributed by atoms with van der Waals surface area (Å²) >= 11 is 0. The lowest BCUT2D eigenvalue weighted by atomic mass is 9.77. The van der Waals surface area contributed by atoms with Crippen LogP contribution in [0.2, 0.25) is 0 Å². The molecular weight excluding hydrogens is 435 g/mol. The van der Waals surface area contributed by atoms with Crippen molar-refractivity contribution in [3.63, 3.8) is 0 Å².